The number of nitrogens with one attached hydrogen (secondary N) is 1. The van der Waals surface area contributed by atoms with E-state index in [1.165, 1.54) is 17.8 Å². The van der Waals surface area contributed by atoms with Crippen molar-refractivity contribution in [2.75, 3.05) is 11.6 Å². The SMILES string of the molecule is CS/C(C)=C(\C)C(=O)Nc1ccccc1-c1cccc(Cl)c1F. The number of amides is 1. The molecule has 0 spiro atoms. The Morgan fingerprint density at radius 1 is 1.09 bits per heavy atom. The number of para-hydroxylation sites is 1. The molecule has 0 fully saturated rings. The van der Waals surface area contributed by atoms with Crippen LogP contribution in [0.3, 0.4) is 0 Å². The van der Waals surface area contributed by atoms with Crippen LogP contribution < -0.4 is 5.32 Å². The van der Waals surface area contributed by atoms with Crippen molar-refractivity contribution in [2.45, 2.75) is 13.8 Å². The average Bonchev–Trinajstić information content (AvgIpc) is 2.56. The number of carbonyl (C=O) groups excluding carboxylic acids is 1. The third kappa shape index (κ3) is 3.95. The van der Waals surface area contributed by atoms with Gasteiger partial charge in [0.1, 0.15) is 5.82 Å². The number of thioether (sulfide) groups is 1. The fraction of sp³-hybridized carbons (Fsp3) is 0.167. The van der Waals surface area contributed by atoms with Gasteiger partial charge in [0.25, 0.3) is 5.91 Å². The van der Waals surface area contributed by atoms with Gasteiger partial charge in [-0.2, -0.15) is 0 Å². The van der Waals surface area contributed by atoms with E-state index < -0.39 is 5.82 Å². The lowest BCUT2D eigenvalue weighted by atomic mass is 10.0. The molecule has 0 unspecified atom stereocenters. The highest BCUT2D eigenvalue weighted by Gasteiger charge is 2.15. The molecular weight excluding hydrogens is 333 g/mol. The Morgan fingerprint density at radius 2 is 1.74 bits per heavy atom. The predicted molar refractivity (Wildman–Crippen MR) is 97.4 cm³/mol. The largest absolute Gasteiger partial charge is 0.322 e. The van der Waals surface area contributed by atoms with Crippen molar-refractivity contribution in [3.63, 3.8) is 0 Å². The van der Waals surface area contributed by atoms with Crippen LogP contribution in [0.15, 0.2) is 52.9 Å². The summed E-state index contributed by atoms with van der Waals surface area (Å²) in [5, 5.41) is 2.90. The predicted octanol–water partition coefficient (Wildman–Crippen LogP) is 5.74. The number of benzene rings is 2. The van der Waals surface area contributed by atoms with E-state index in [1.807, 2.05) is 13.2 Å². The Hall–Kier alpha value is -1.78. The highest BCUT2D eigenvalue weighted by atomic mass is 35.5. The van der Waals surface area contributed by atoms with E-state index in [0.717, 1.165) is 4.91 Å². The molecule has 2 aromatic rings. The molecule has 2 aromatic carbocycles. The molecule has 0 aromatic heterocycles. The van der Waals surface area contributed by atoms with Gasteiger partial charge in [-0.3, -0.25) is 4.79 Å². The fourth-order valence-corrected chi connectivity index (χ4v) is 2.64. The summed E-state index contributed by atoms with van der Waals surface area (Å²) in [5.41, 5.74) is 2.14. The number of allylic oxidation sites excluding steroid dienone is 1. The first-order valence-electron chi connectivity index (χ1n) is 7.02. The van der Waals surface area contributed by atoms with Crippen molar-refractivity contribution in [1.29, 1.82) is 0 Å². The Balaban J connectivity index is 2.43. The quantitative estimate of drug-likeness (QED) is 0.713. The van der Waals surface area contributed by atoms with Gasteiger partial charge in [-0.1, -0.05) is 41.9 Å². The second-order valence-electron chi connectivity index (χ2n) is 4.99. The first-order chi connectivity index (χ1) is 11.0. The van der Waals surface area contributed by atoms with Crippen molar-refractivity contribution >= 4 is 35.0 Å². The lowest BCUT2D eigenvalue weighted by Crippen LogP contribution is -2.14. The number of anilines is 1. The zero-order valence-corrected chi connectivity index (χ0v) is 14.7. The van der Waals surface area contributed by atoms with Gasteiger partial charge in [-0.25, -0.2) is 4.39 Å². The van der Waals surface area contributed by atoms with E-state index in [2.05, 4.69) is 5.32 Å². The standard InChI is InChI=1S/C18H17ClFNOS/c1-11(12(2)23-3)18(22)21-16-10-5-4-7-13(16)14-8-6-9-15(19)17(14)20/h4-10H,1-3H3,(H,21,22)/b12-11+. The summed E-state index contributed by atoms with van der Waals surface area (Å²) in [6.07, 6.45) is 1.92. The van der Waals surface area contributed by atoms with Gasteiger partial charge >= 0.3 is 0 Å². The molecule has 0 aliphatic heterocycles. The summed E-state index contributed by atoms with van der Waals surface area (Å²) in [7, 11) is 0. The summed E-state index contributed by atoms with van der Waals surface area (Å²) < 4.78 is 14.3. The van der Waals surface area contributed by atoms with Crippen molar-refractivity contribution in [1.82, 2.24) is 0 Å². The van der Waals surface area contributed by atoms with Crippen molar-refractivity contribution < 1.29 is 9.18 Å². The molecule has 1 N–H and O–H groups in total. The van der Waals surface area contributed by atoms with Crippen LogP contribution in [0.25, 0.3) is 11.1 Å². The van der Waals surface area contributed by atoms with Crippen molar-refractivity contribution in [3.05, 3.63) is 63.8 Å². The maximum Gasteiger partial charge on any atom is 0.252 e. The van der Waals surface area contributed by atoms with E-state index in [4.69, 9.17) is 11.6 Å². The fourth-order valence-electron chi connectivity index (χ4n) is 2.07. The highest BCUT2D eigenvalue weighted by Crippen LogP contribution is 2.33. The van der Waals surface area contributed by atoms with Crippen LogP contribution >= 0.6 is 23.4 Å². The first-order valence-corrected chi connectivity index (χ1v) is 8.62. The first kappa shape index (κ1) is 17.6. The molecular formula is C18H17ClFNOS. The maximum absolute atomic E-state index is 14.3. The van der Waals surface area contributed by atoms with E-state index in [-0.39, 0.29) is 10.9 Å². The van der Waals surface area contributed by atoms with Crippen LogP contribution in [0.2, 0.25) is 5.02 Å². The summed E-state index contributed by atoms with van der Waals surface area (Å²) >= 11 is 7.38. The number of hydrogen-bond acceptors (Lipinski definition) is 2. The smallest absolute Gasteiger partial charge is 0.252 e. The zero-order valence-electron chi connectivity index (χ0n) is 13.1. The number of hydrogen-bond donors (Lipinski definition) is 1. The van der Waals surface area contributed by atoms with Crippen LogP contribution in [-0.4, -0.2) is 12.2 Å². The lowest BCUT2D eigenvalue weighted by molar-refractivity contribution is -0.112. The third-order valence-corrected chi connectivity index (χ3v) is 4.80. The molecule has 2 rings (SSSR count). The van der Waals surface area contributed by atoms with E-state index in [0.29, 0.717) is 22.4 Å². The second-order valence-corrected chi connectivity index (χ2v) is 6.41. The molecule has 0 bridgehead atoms. The molecule has 23 heavy (non-hydrogen) atoms. The molecule has 0 saturated carbocycles. The number of carbonyl (C=O) groups is 1. The van der Waals surface area contributed by atoms with E-state index in [1.54, 1.807) is 43.3 Å². The topological polar surface area (TPSA) is 29.1 Å². The molecule has 120 valence electrons. The van der Waals surface area contributed by atoms with Gasteiger partial charge in [-0.15, -0.1) is 11.8 Å². The van der Waals surface area contributed by atoms with Crippen molar-refractivity contribution in [3.8, 4) is 11.1 Å². The van der Waals surface area contributed by atoms with E-state index in [9.17, 15) is 9.18 Å². The minimum atomic E-state index is -0.497. The second kappa shape index (κ2) is 7.66. The van der Waals surface area contributed by atoms with Crippen LogP contribution in [0, 0.1) is 5.82 Å². The Kier molecular flexibility index (Phi) is 5.85. The Morgan fingerprint density at radius 3 is 2.43 bits per heavy atom. The number of halogens is 2. The van der Waals surface area contributed by atoms with Gasteiger partial charge in [-0.05, 0) is 37.1 Å². The van der Waals surface area contributed by atoms with Gasteiger partial charge in [0, 0.05) is 22.4 Å². The van der Waals surface area contributed by atoms with Gasteiger partial charge in [0.2, 0.25) is 0 Å². The van der Waals surface area contributed by atoms with Crippen LogP contribution in [0.1, 0.15) is 13.8 Å². The van der Waals surface area contributed by atoms with Gasteiger partial charge < -0.3 is 5.32 Å². The summed E-state index contributed by atoms with van der Waals surface area (Å²) in [6.45, 7) is 3.66. The average molecular weight is 350 g/mol. The lowest BCUT2D eigenvalue weighted by Gasteiger charge is -2.13. The number of rotatable bonds is 4. The minimum absolute atomic E-state index is 0.0536. The molecule has 2 nitrogen and oxygen atoms in total. The Labute approximate surface area is 144 Å². The Bertz CT molecular complexity index is 773. The van der Waals surface area contributed by atoms with Crippen LogP contribution in [0.5, 0.6) is 0 Å². The summed E-state index contributed by atoms with van der Waals surface area (Å²) in [5.74, 6) is -0.699. The third-order valence-electron chi connectivity index (χ3n) is 3.59. The van der Waals surface area contributed by atoms with Crippen molar-refractivity contribution in [2.24, 2.45) is 0 Å². The van der Waals surface area contributed by atoms with E-state index >= 15 is 0 Å². The summed E-state index contributed by atoms with van der Waals surface area (Å²) in [4.78, 5) is 13.3. The molecule has 0 saturated heterocycles. The van der Waals surface area contributed by atoms with Gasteiger partial charge in [0.15, 0.2) is 0 Å². The molecule has 1 amide bonds. The highest BCUT2D eigenvalue weighted by molar-refractivity contribution is 8.02. The van der Waals surface area contributed by atoms with Crippen LogP contribution in [0.4, 0.5) is 10.1 Å². The molecule has 0 radical (unpaired) electrons. The maximum atomic E-state index is 14.3. The molecule has 0 atom stereocenters. The monoisotopic (exact) mass is 349 g/mol. The zero-order chi connectivity index (χ0) is 17.0. The minimum Gasteiger partial charge on any atom is -0.322 e. The molecule has 0 heterocycles. The molecule has 0 aliphatic rings. The summed E-state index contributed by atoms with van der Waals surface area (Å²) in [6, 6.07) is 11.9. The molecule has 5 heteroatoms. The van der Waals surface area contributed by atoms with Gasteiger partial charge in [0.05, 0.1) is 5.02 Å². The molecule has 0 aliphatic carbocycles. The normalized spacial score (nSPS) is 11.9. The van der Waals surface area contributed by atoms with Crippen LogP contribution in [-0.2, 0) is 4.79 Å².